The van der Waals surface area contributed by atoms with Crippen LogP contribution in [0.15, 0.2) is 53.3 Å². The topological polar surface area (TPSA) is 87.7 Å². The first kappa shape index (κ1) is 16.2. The quantitative estimate of drug-likeness (QED) is 0.763. The molecule has 0 saturated carbocycles. The van der Waals surface area contributed by atoms with Crippen molar-refractivity contribution in [3.63, 3.8) is 0 Å². The molecule has 130 valence electrons. The van der Waals surface area contributed by atoms with Gasteiger partial charge in [0.1, 0.15) is 5.56 Å². The Hall–Kier alpha value is -3.28. The molecule has 26 heavy (non-hydrogen) atoms. The molecule has 4 rings (SSSR count). The molecule has 0 radical (unpaired) electrons. The van der Waals surface area contributed by atoms with Gasteiger partial charge in [0.25, 0.3) is 11.5 Å². The van der Waals surface area contributed by atoms with Gasteiger partial charge in [-0.05, 0) is 49.4 Å². The van der Waals surface area contributed by atoms with Gasteiger partial charge in [-0.2, -0.15) is 0 Å². The fraction of sp³-hybridized carbons (Fsp3) is 0.200. The standard InChI is InChI=1S/C20H18N4O2/c25-19-15(12-14-8-4-5-9-16(14)21-19)20(26)22-18-11-10-17(23-24-18)13-6-2-1-3-7-13/h1-3,6-7,10-12H,4-5,8-9H2,(H,21,25)(H,22,24,26). The highest BCUT2D eigenvalue weighted by atomic mass is 16.2. The normalized spacial score (nSPS) is 13.1. The third-order valence-corrected chi connectivity index (χ3v) is 4.56. The summed E-state index contributed by atoms with van der Waals surface area (Å²) in [6, 6.07) is 14.8. The van der Waals surface area contributed by atoms with E-state index in [4.69, 9.17) is 0 Å². The molecular formula is C20H18N4O2. The maximum atomic E-state index is 12.5. The Bertz CT molecular complexity index is 995. The average Bonchev–Trinajstić information content (AvgIpc) is 2.68. The van der Waals surface area contributed by atoms with E-state index >= 15 is 0 Å². The number of aryl methyl sites for hydroxylation is 2. The van der Waals surface area contributed by atoms with Gasteiger partial charge in [0, 0.05) is 11.3 Å². The summed E-state index contributed by atoms with van der Waals surface area (Å²) in [5, 5.41) is 10.8. The summed E-state index contributed by atoms with van der Waals surface area (Å²) in [5.74, 6) is -0.159. The highest BCUT2D eigenvalue weighted by Gasteiger charge is 2.17. The van der Waals surface area contributed by atoms with Crippen molar-refractivity contribution in [3.8, 4) is 11.3 Å². The lowest BCUT2D eigenvalue weighted by atomic mass is 9.95. The van der Waals surface area contributed by atoms with E-state index in [0.717, 1.165) is 48.2 Å². The Kier molecular flexibility index (Phi) is 4.31. The molecule has 0 aliphatic heterocycles. The number of amides is 1. The summed E-state index contributed by atoms with van der Waals surface area (Å²) < 4.78 is 0. The van der Waals surface area contributed by atoms with Gasteiger partial charge in [-0.3, -0.25) is 9.59 Å². The van der Waals surface area contributed by atoms with E-state index in [1.807, 2.05) is 30.3 Å². The first-order chi connectivity index (χ1) is 12.7. The minimum absolute atomic E-state index is 0.111. The van der Waals surface area contributed by atoms with Gasteiger partial charge in [0.05, 0.1) is 5.69 Å². The lowest BCUT2D eigenvalue weighted by Crippen LogP contribution is -2.26. The molecule has 1 amide bonds. The third-order valence-electron chi connectivity index (χ3n) is 4.56. The van der Waals surface area contributed by atoms with Crippen molar-refractivity contribution in [2.75, 3.05) is 5.32 Å². The Morgan fingerprint density at radius 3 is 2.58 bits per heavy atom. The molecule has 2 N–H and O–H groups in total. The molecule has 0 fully saturated rings. The Labute approximate surface area is 150 Å². The molecular weight excluding hydrogens is 328 g/mol. The van der Waals surface area contributed by atoms with Gasteiger partial charge in [0.2, 0.25) is 0 Å². The van der Waals surface area contributed by atoms with Gasteiger partial charge in [-0.15, -0.1) is 10.2 Å². The van der Waals surface area contributed by atoms with Crippen LogP contribution >= 0.6 is 0 Å². The number of fused-ring (bicyclic) bond motifs is 1. The van der Waals surface area contributed by atoms with E-state index < -0.39 is 5.91 Å². The van der Waals surface area contributed by atoms with Gasteiger partial charge < -0.3 is 10.3 Å². The van der Waals surface area contributed by atoms with E-state index in [0.29, 0.717) is 5.82 Å². The van der Waals surface area contributed by atoms with Crippen molar-refractivity contribution in [2.24, 2.45) is 0 Å². The van der Waals surface area contributed by atoms with Crippen LogP contribution < -0.4 is 10.9 Å². The number of nitrogens with zero attached hydrogens (tertiary/aromatic N) is 2. The third kappa shape index (κ3) is 3.26. The summed E-state index contributed by atoms with van der Waals surface area (Å²) in [6.07, 6.45) is 3.89. The van der Waals surface area contributed by atoms with E-state index in [9.17, 15) is 9.59 Å². The highest BCUT2D eigenvalue weighted by Crippen LogP contribution is 2.19. The maximum Gasteiger partial charge on any atom is 0.262 e. The van der Waals surface area contributed by atoms with Gasteiger partial charge in [0.15, 0.2) is 5.82 Å². The number of anilines is 1. The molecule has 3 aromatic rings. The minimum atomic E-state index is -0.471. The van der Waals surface area contributed by atoms with Crippen LogP contribution in [-0.4, -0.2) is 21.1 Å². The minimum Gasteiger partial charge on any atom is -0.325 e. The largest absolute Gasteiger partial charge is 0.325 e. The second kappa shape index (κ2) is 6.92. The fourth-order valence-corrected chi connectivity index (χ4v) is 3.19. The molecule has 2 heterocycles. The number of H-pyrrole nitrogens is 1. The van der Waals surface area contributed by atoms with Crippen molar-refractivity contribution in [1.29, 1.82) is 0 Å². The smallest absolute Gasteiger partial charge is 0.262 e. The first-order valence-electron chi connectivity index (χ1n) is 8.66. The Balaban J connectivity index is 1.54. The Morgan fingerprint density at radius 1 is 1.00 bits per heavy atom. The van der Waals surface area contributed by atoms with Gasteiger partial charge >= 0.3 is 0 Å². The van der Waals surface area contributed by atoms with Crippen molar-refractivity contribution in [1.82, 2.24) is 15.2 Å². The molecule has 0 spiro atoms. The lowest BCUT2D eigenvalue weighted by Gasteiger charge is -2.15. The average molecular weight is 346 g/mol. The van der Waals surface area contributed by atoms with Crippen LogP contribution in [0.3, 0.4) is 0 Å². The van der Waals surface area contributed by atoms with E-state index in [-0.39, 0.29) is 11.1 Å². The van der Waals surface area contributed by atoms with Crippen LogP contribution in [0.4, 0.5) is 5.82 Å². The molecule has 1 aliphatic rings. The lowest BCUT2D eigenvalue weighted by molar-refractivity contribution is 0.102. The number of pyridine rings is 1. The second-order valence-electron chi connectivity index (χ2n) is 6.35. The Morgan fingerprint density at radius 2 is 1.81 bits per heavy atom. The van der Waals surface area contributed by atoms with Crippen LogP contribution in [0.1, 0.15) is 34.5 Å². The predicted molar refractivity (Wildman–Crippen MR) is 99.1 cm³/mol. The zero-order valence-electron chi connectivity index (χ0n) is 14.2. The molecule has 6 nitrogen and oxygen atoms in total. The van der Waals surface area contributed by atoms with Gasteiger partial charge in [-0.25, -0.2) is 0 Å². The number of rotatable bonds is 3. The van der Waals surface area contributed by atoms with Crippen molar-refractivity contribution >= 4 is 11.7 Å². The van der Waals surface area contributed by atoms with Crippen LogP contribution in [0.5, 0.6) is 0 Å². The summed E-state index contributed by atoms with van der Waals surface area (Å²) in [4.78, 5) is 27.5. The highest BCUT2D eigenvalue weighted by molar-refractivity contribution is 6.03. The van der Waals surface area contributed by atoms with Gasteiger partial charge in [-0.1, -0.05) is 30.3 Å². The summed E-state index contributed by atoms with van der Waals surface area (Å²) in [5.41, 5.74) is 3.41. The van der Waals surface area contributed by atoms with Crippen LogP contribution in [0, 0.1) is 0 Å². The maximum absolute atomic E-state index is 12.5. The molecule has 0 unspecified atom stereocenters. The first-order valence-corrected chi connectivity index (χ1v) is 8.66. The van der Waals surface area contributed by atoms with Crippen molar-refractivity contribution in [3.05, 3.63) is 75.7 Å². The molecule has 1 aromatic carbocycles. The molecule has 0 bridgehead atoms. The number of hydrogen-bond acceptors (Lipinski definition) is 4. The second-order valence-corrected chi connectivity index (χ2v) is 6.35. The molecule has 2 aromatic heterocycles. The zero-order chi connectivity index (χ0) is 17.9. The van der Waals surface area contributed by atoms with Crippen LogP contribution in [0.25, 0.3) is 11.3 Å². The summed E-state index contributed by atoms with van der Waals surface area (Å²) in [7, 11) is 0. The zero-order valence-corrected chi connectivity index (χ0v) is 14.2. The number of carbonyl (C=O) groups is 1. The van der Waals surface area contributed by atoms with Crippen LogP contribution in [-0.2, 0) is 12.8 Å². The number of hydrogen-bond donors (Lipinski definition) is 2. The van der Waals surface area contributed by atoms with Crippen LogP contribution in [0.2, 0.25) is 0 Å². The van der Waals surface area contributed by atoms with E-state index in [1.165, 1.54) is 0 Å². The molecule has 6 heteroatoms. The van der Waals surface area contributed by atoms with Crippen molar-refractivity contribution in [2.45, 2.75) is 25.7 Å². The fourth-order valence-electron chi connectivity index (χ4n) is 3.19. The SMILES string of the molecule is O=C(Nc1ccc(-c2ccccc2)nn1)c1cc2c([nH]c1=O)CCCC2. The number of aromatic nitrogens is 3. The van der Waals surface area contributed by atoms with E-state index in [1.54, 1.807) is 18.2 Å². The number of aromatic amines is 1. The number of carbonyl (C=O) groups excluding carboxylic acids is 1. The summed E-state index contributed by atoms with van der Waals surface area (Å²) in [6.45, 7) is 0. The molecule has 1 aliphatic carbocycles. The number of benzene rings is 1. The monoisotopic (exact) mass is 346 g/mol. The molecule has 0 atom stereocenters. The summed E-state index contributed by atoms with van der Waals surface area (Å²) >= 11 is 0. The molecule has 0 saturated heterocycles. The van der Waals surface area contributed by atoms with Crippen molar-refractivity contribution < 1.29 is 4.79 Å². The number of nitrogens with one attached hydrogen (secondary N) is 2. The van der Waals surface area contributed by atoms with E-state index in [2.05, 4.69) is 20.5 Å². The predicted octanol–water partition coefficient (Wildman–Crippen LogP) is 2.96.